The van der Waals surface area contributed by atoms with Gasteiger partial charge < -0.3 is 5.32 Å². The summed E-state index contributed by atoms with van der Waals surface area (Å²) in [5.41, 5.74) is -4.24. The van der Waals surface area contributed by atoms with Gasteiger partial charge in [0.15, 0.2) is 11.6 Å². The monoisotopic (exact) mass is 416 g/mol. The predicted octanol–water partition coefficient (Wildman–Crippen LogP) is 3.57. The van der Waals surface area contributed by atoms with Crippen molar-refractivity contribution in [3.05, 3.63) is 23.8 Å². The number of carbonyl (C=O) groups is 2. The van der Waals surface area contributed by atoms with E-state index >= 15 is 0 Å². The minimum atomic E-state index is -5.26. The number of halogens is 5. The van der Waals surface area contributed by atoms with E-state index in [0.717, 1.165) is 32.1 Å². The minimum absolute atomic E-state index is 0.0657. The lowest BCUT2D eigenvalue weighted by atomic mass is 9.86. The first-order valence-corrected chi connectivity index (χ1v) is 9.20. The van der Waals surface area contributed by atoms with Crippen molar-refractivity contribution in [3.63, 3.8) is 0 Å². The van der Waals surface area contributed by atoms with Crippen LogP contribution in [0, 0.1) is 17.6 Å². The number of nitrogens with one attached hydrogen (secondary N) is 2. The van der Waals surface area contributed by atoms with E-state index in [1.807, 2.05) is 10.6 Å². The highest BCUT2D eigenvalue weighted by molar-refractivity contribution is 6.05. The fraction of sp³-hybridized carbons (Fsp3) is 0.500. The maximum atomic E-state index is 14.2. The fourth-order valence-corrected chi connectivity index (χ4v) is 4.13. The number of amides is 2. The van der Waals surface area contributed by atoms with Gasteiger partial charge in [-0.05, 0) is 18.8 Å². The van der Waals surface area contributed by atoms with Crippen molar-refractivity contribution >= 4 is 28.8 Å². The highest BCUT2D eigenvalue weighted by Gasteiger charge is 2.67. The summed E-state index contributed by atoms with van der Waals surface area (Å²) in [5.74, 6) is -5.81. The van der Waals surface area contributed by atoms with Gasteiger partial charge in [0.1, 0.15) is 0 Å². The van der Waals surface area contributed by atoms with Gasteiger partial charge in [-0.3, -0.25) is 19.5 Å². The molecular weight excluding hydrogens is 399 g/mol. The summed E-state index contributed by atoms with van der Waals surface area (Å²) in [6.45, 7) is 0. The van der Waals surface area contributed by atoms with Crippen molar-refractivity contribution in [3.8, 4) is 0 Å². The second-order valence-electron chi connectivity index (χ2n) is 7.44. The van der Waals surface area contributed by atoms with Gasteiger partial charge in [0.25, 0.3) is 11.6 Å². The normalized spacial score (nSPS) is 22.6. The molecule has 1 unspecified atom stereocenters. The van der Waals surface area contributed by atoms with E-state index in [2.05, 4.69) is 4.98 Å². The van der Waals surface area contributed by atoms with Gasteiger partial charge in [-0.25, -0.2) is 13.8 Å². The maximum absolute atomic E-state index is 14.2. The number of anilines is 1. The molecule has 1 atom stereocenters. The third-order valence-corrected chi connectivity index (χ3v) is 5.52. The lowest BCUT2D eigenvalue weighted by Gasteiger charge is -2.32. The van der Waals surface area contributed by atoms with Crippen LogP contribution in [-0.4, -0.2) is 27.5 Å². The topological polar surface area (TPSA) is 76.0 Å². The molecule has 1 aromatic carbocycles. The number of carbonyl (C=O) groups excluding carboxylic acids is 2. The first kappa shape index (κ1) is 19.6. The number of alkyl halides is 3. The molecule has 11 heteroatoms. The van der Waals surface area contributed by atoms with E-state index in [1.165, 1.54) is 0 Å². The number of nitrogens with zero attached hydrogens (tertiary/aromatic N) is 2. The summed E-state index contributed by atoms with van der Waals surface area (Å²) in [6, 6.07) is 1.16. The highest BCUT2D eigenvalue weighted by atomic mass is 19.4. The quantitative estimate of drug-likeness (QED) is 0.752. The average Bonchev–Trinajstić information content (AvgIpc) is 3.10. The van der Waals surface area contributed by atoms with Crippen LogP contribution in [0.5, 0.6) is 0 Å². The van der Waals surface area contributed by atoms with Crippen molar-refractivity contribution < 1.29 is 31.5 Å². The summed E-state index contributed by atoms with van der Waals surface area (Å²) in [6.07, 6.45) is -1.17. The minimum Gasteiger partial charge on any atom is -0.317 e. The van der Waals surface area contributed by atoms with E-state index in [1.54, 1.807) is 0 Å². The summed E-state index contributed by atoms with van der Waals surface area (Å²) < 4.78 is 70.1. The Labute approximate surface area is 161 Å². The zero-order chi connectivity index (χ0) is 21.0. The number of fused-ring (bicyclic) bond motifs is 3. The molecule has 2 aliphatic rings. The van der Waals surface area contributed by atoms with Gasteiger partial charge >= 0.3 is 6.18 Å². The lowest BCUT2D eigenvalue weighted by molar-refractivity contribution is -0.217. The second kappa shape index (κ2) is 6.67. The van der Waals surface area contributed by atoms with Gasteiger partial charge in [-0.2, -0.15) is 13.2 Å². The van der Waals surface area contributed by atoms with E-state index in [0.29, 0.717) is 16.7 Å². The van der Waals surface area contributed by atoms with Crippen molar-refractivity contribution in [2.45, 2.75) is 50.4 Å². The van der Waals surface area contributed by atoms with E-state index < -0.39 is 46.8 Å². The molecule has 1 aliphatic heterocycles. The third kappa shape index (κ3) is 3.03. The highest BCUT2D eigenvalue weighted by Crippen LogP contribution is 2.44. The molecule has 6 nitrogen and oxygen atoms in total. The Morgan fingerprint density at radius 2 is 1.86 bits per heavy atom. The third-order valence-electron chi connectivity index (χ3n) is 5.52. The molecule has 0 bridgehead atoms. The predicted molar refractivity (Wildman–Crippen MR) is 91.6 cm³/mol. The Morgan fingerprint density at radius 1 is 1.21 bits per heavy atom. The fourth-order valence-electron chi connectivity index (χ4n) is 4.13. The molecule has 0 spiro atoms. The standard InChI is InChI=1S/C18H17F5N4O2/c19-10-7-12-13(8-11(10)20)27-16(24-12)25-15(29)17(27,18(21,22)23)26-14(28)6-9-4-2-1-3-5-9/h7-9H,1-6H2,(H,26,28)(H,24,25,29). The van der Waals surface area contributed by atoms with Crippen LogP contribution in [0.3, 0.4) is 0 Å². The molecule has 2 N–H and O–H groups in total. The number of hydrogen-bond acceptors (Lipinski definition) is 3. The van der Waals surface area contributed by atoms with Gasteiger partial charge in [0.2, 0.25) is 11.9 Å². The van der Waals surface area contributed by atoms with E-state index in [9.17, 15) is 31.5 Å². The number of imidazole rings is 1. The molecule has 1 saturated carbocycles. The van der Waals surface area contributed by atoms with Crippen LogP contribution in [0.15, 0.2) is 12.1 Å². The van der Waals surface area contributed by atoms with Crippen LogP contribution in [0.2, 0.25) is 0 Å². The van der Waals surface area contributed by atoms with E-state index in [-0.39, 0.29) is 17.9 Å². The number of aromatic nitrogens is 2. The van der Waals surface area contributed by atoms with Crippen molar-refractivity contribution in [2.24, 2.45) is 5.92 Å². The van der Waals surface area contributed by atoms with Crippen molar-refractivity contribution in [1.29, 1.82) is 0 Å². The van der Waals surface area contributed by atoms with Gasteiger partial charge in [0.05, 0.1) is 11.0 Å². The van der Waals surface area contributed by atoms with Crippen molar-refractivity contribution in [2.75, 3.05) is 5.32 Å². The Bertz CT molecular complexity index is 996. The number of hydrogen-bond donors (Lipinski definition) is 2. The Morgan fingerprint density at radius 3 is 2.52 bits per heavy atom. The smallest absolute Gasteiger partial charge is 0.317 e. The molecule has 1 aromatic heterocycles. The molecule has 0 saturated heterocycles. The average molecular weight is 416 g/mol. The maximum Gasteiger partial charge on any atom is 0.440 e. The first-order valence-electron chi connectivity index (χ1n) is 9.20. The van der Waals surface area contributed by atoms with Gasteiger partial charge in [-0.15, -0.1) is 0 Å². The SMILES string of the molecule is O=C(CC1CCCCC1)NC1(C(F)(F)F)C(=O)Nc2nc3cc(F)c(F)cc3n21. The Balaban J connectivity index is 1.78. The molecule has 156 valence electrons. The van der Waals surface area contributed by atoms with Crippen LogP contribution in [0.25, 0.3) is 11.0 Å². The molecule has 1 aliphatic carbocycles. The zero-order valence-electron chi connectivity index (χ0n) is 15.1. The van der Waals surface area contributed by atoms with Gasteiger partial charge in [-0.1, -0.05) is 19.3 Å². The van der Waals surface area contributed by atoms with Crippen LogP contribution >= 0.6 is 0 Å². The molecular formula is C18H17F5N4O2. The van der Waals surface area contributed by atoms with Crippen LogP contribution < -0.4 is 10.6 Å². The Kier molecular flexibility index (Phi) is 4.50. The lowest BCUT2D eigenvalue weighted by Crippen LogP contribution is -2.63. The molecule has 0 radical (unpaired) electrons. The molecule has 4 rings (SSSR count). The summed E-state index contributed by atoms with van der Waals surface area (Å²) in [7, 11) is 0. The largest absolute Gasteiger partial charge is 0.440 e. The van der Waals surface area contributed by atoms with Crippen LogP contribution in [-0.2, 0) is 15.3 Å². The first-order chi connectivity index (χ1) is 13.6. The molecule has 29 heavy (non-hydrogen) atoms. The second-order valence-corrected chi connectivity index (χ2v) is 7.44. The summed E-state index contributed by atoms with van der Waals surface area (Å²) in [4.78, 5) is 28.7. The summed E-state index contributed by atoms with van der Waals surface area (Å²) >= 11 is 0. The van der Waals surface area contributed by atoms with E-state index in [4.69, 9.17) is 0 Å². The molecule has 2 amide bonds. The molecule has 2 aromatic rings. The molecule has 2 heterocycles. The Hall–Kier alpha value is -2.72. The van der Waals surface area contributed by atoms with Crippen LogP contribution in [0.4, 0.5) is 27.9 Å². The number of benzene rings is 1. The van der Waals surface area contributed by atoms with Crippen LogP contribution in [0.1, 0.15) is 38.5 Å². The van der Waals surface area contributed by atoms with Gasteiger partial charge in [0, 0.05) is 18.6 Å². The molecule has 1 fully saturated rings. The zero-order valence-corrected chi connectivity index (χ0v) is 15.1. The number of rotatable bonds is 3. The summed E-state index contributed by atoms with van der Waals surface area (Å²) in [5, 5.41) is 3.79. The van der Waals surface area contributed by atoms with Crippen molar-refractivity contribution in [1.82, 2.24) is 14.9 Å².